The summed E-state index contributed by atoms with van der Waals surface area (Å²) in [5.74, 6) is -0.494. The van der Waals surface area contributed by atoms with Crippen LogP contribution in [0.3, 0.4) is 0 Å². The number of carboxylic acids is 1. The number of carboxylic acid groups (broad SMARTS) is 1. The molecule has 6 atom stereocenters. The number of ether oxygens (including phenoxy) is 5. The summed E-state index contributed by atoms with van der Waals surface area (Å²) in [7, 11) is -2.57. The molecule has 1 heterocycles. The van der Waals surface area contributed by atoms with E-state index in [9.17, 15) is 33.6 Å². The van der Waals surface area contributed by atoms with Crippen LogP contribution in [-0.2, 0) is 26.0 Å². The molecule has 0 aromatic heterocycles. The molecule has 0 saturated carbocycles. The van der Waals surface area contributed by atoms with Crippen molar-refractivity contribution in [3.8, 4) is 23.0 Å². The summed E-state index contributed by atoms with van der Waals surface area (Å²) in [4.78, 5) is 11.2. The van der Waals surface area contributed by atoms with Gasteiger partial charge in [0.1, 0.15) is 41.3 Å². The zero-order valence-electron chi connectivity index (χ0n) is 22.8. The lowest BCUT2D eigenvalue weighted by Crippen LogP contribution is -2.61. The number of benzene rings is 2. The van der Waals surface area contributed by atoms with Gasteiger partial charge in [0, 0.05) is 18.7 Å². The molecule has 0 bridgehead atoms. The lowest BCUT2D eigenvalue weighted by molar-refractivity contribution is -0.271. The Morgan fingerprint density at radius 3 is 2.39 bits per heavy atom. The zero-order chi connectivity index (χ0) is 30.3. The van der Waals surface area contributed by atoms with Crippen LogP contribution >= 0.6 is 0 Å². The average Bonchev–Trinajstić information content (AvgIpc) is 2.91. The van der Waals surface area contributed by atoms with E-state index in [0.29, 0.717) is 31.1 Å². The molecule has 7 N–H and O–H groups in total. The molecular formula is C26H36N2O12S. The van der Waals surface area contributed by atoms with E-state index in [1.807, 2.05) is 6.92 Å². The van der Waals surface area contributed by atoms with Gasteiger partial charge in [-0.3, -0.25) is 0 Å². The molecule has 2 aromatic rings. The number of carbonyl (C=O) groups is 1. The summed E-state index contributed by atoms with van der Waals surface area (Å²) in [6.07, 6.45) is -8.16. The maximum absolute atomic E-state index is 11.9. The molecule has 0 amide bonds. The van der Waals surface area contributed by atoms with Gasteiger partial charge in [-0.2, -0.15) is 0 Å². The third kappa shape index (κ3) is 8.42. The lowest BCUT2D eigenvalue weighted by Gasteiger charge is -2.38. The van der Waals surface area contributed by atoms with Crippen LogP contribution in [0.15, 0.2) is 41.3 Å². The fraction of sp³-hybridized carbons (Fsp3) is 0.500. The van der Waals surface area contributed by atoms with Gasteiger partial charge in [0.2, 0.25) is 16.3 Å². The average molecular weight is 601 g/mol. The highest BCUT2D eigenvalue weighted by Crippen LogP contribution is 2.33. The molecule has 0 spiro atoms. The number of hydrogen-bond donors (Lipinski definition) is 6. The zero-order valence-corrected chi connectivity index (χ0v) is 23.6. The van der Waals surface area contributed by atoms with Gasteiger partial charge in [-0.15, -0.1) is 0 Å². The van der Waals surface area contributed by atoms with Crippen molar-refractivity contribution in [2.45, 2.75) is 61.9 Å². The van der Waals surface area contributed by atoms with Crippen molar-refractivity contribution in [1.29, 1.82) is 0 Å². The summed E-state index contributed by atoms with van der Waals surface area (Å²) in [6, 6.07) is 9.29. The summed E-state index contributed by atoms with van der Waals surface area (Å²) < 4.78 is 51.0. The number of aliphatic carboxylic acids is 1. The Bertz CT molecular complexity index is 1290. The fourth-order valence-corrected chi connectivity index (χ4v) is 4.94. The fourth-order valence-electron chi connectivity index (χ4n) is 4.20. The van der Waals surface area contributed by atoms with Crippen molar-refractivity contribution in [2.24, 2.45) is 5.14 Å². The highest BCUT2D eigenvalue weighted by atomic mass is 32.2. The minimum atomic E-state index is -3.94. The topological polar surface area (TPSA) is 216 Å². The number of rotatable bonds is 14. The molecule has 1 saturated heterocycles. The van der Waals surface area contributed by atoms with E-state index in [0.717, 1.165) is 5.56 Å². The predicted octanol–water partition coefficient (Wildman–Crippen LogP) is -0.388. The first-order valence-corrected chi connectivity index (χ1v) is 14.3. The molecule has 1 aliphatic rings. The lowest BCUT2D eigenvalue weighted by atomic mass is 9.99. The largest absolute Gasteiger partial charge is 0.495 e. The van der Waals surface area contributed by atoms with E-state index in [-0.39, 0.29) is 29.0 Å². The van der Waals surface area contributed by atoms with Crippen LogP contribution in [0.2, 0.25) is 0 Å². The number of nitrogens with two attached hydrogens (primary N) is 1. The highest BCUT2D eigenvalue weighted by Gasteiger charge is 2.48. The first-order chi connectivity index (χ1) is 19.3. The third-order valence-corrected chi connectivity index (χ3v) is 7.14. The van der Waals surface area contributed by atoms with Gasteiger partial charge in [-0.1, -0.05) is 6.07 Å². The Hall–Kier alpha value is -3.18. The molecule has 14 nitrogen and oxygen atoms in total. The maximum atomic E-state index is 11.9. The molecule has 1 fully saturated rings. The molecule has 15 heteroatoms. The number of hydrogen-bond acceptors (Lipinski definition) is 12. The Balaban J connectivity index is 1.57. The number of sulfonamides is 1. The molecule has 228 valence electrons. The molecule has 0 aliphatic carbocycles. The highest BCUT2D eigenvalue weighted by molar-refractivity contribution is 7.89. The van der Waals surface area contributed by atoms with Crippen molar-refractivity contribution >= 4 is 16.0 Å². The van der Waals surface area contributed by atoms with Crippen LogP contribution in [0.25, 0.3) is 0 Å². The normalized spacial score (nSPS) is 23.4. The quantitative estimate of drug-likeness (QED) is 0.153. The van der Waals surface area contributed by atoms with E-state index in [1.54, 1.807) is 25.1 Å². The van der Waals surface area contributed by atoms with Crippen molar-refractivity contribution in [1.82, 2.24) is 5.32 Å². The Kier molecular flexibility index (Phi) is 11.1. The number of methoxy groups -OCH3 is 1. The van der Waals surface area contributed by atoms with Gasteiger partial charge in [0.25, 0.3) is 0 Å². The molecular weight excluding hydrogens is 564 g/mol. The van der Waals surface area contributed by atoms with E-state index in [4.69, 9.17) is 28.8 Å². The SMILES string of the molecule is CCOc1cc(O[C@@H]2O[C@H](C(=O)O)[C@@H](O)[C@H](O)[C@H]2O)ccc1OCCN[C@H](C)Cc1ccc(OC)c(S(N)(=O)=O)c1. The van der Waals surface area contributed by atoms with E-state index >= 15 is 0 Å². The van der Waals surface area contributed by atoms with Gasteiger partial charge in [0.05, 0.1) is 13.7 Å². The standard InChI is InChI=1S/C26H36N2O12S/c1-4-37-19-13-16(39-26-23(31)21(29)22(30)24(40-26)25(32)33)6-8-17(19)38-10-9-28-14(2)11-15-5-7-18(36-3)20(12-15)41(27,34)35/h5-8,12-14,21-24,26,28-31H,4,9-11H2,1-3H3,(H,32,33)(H2,27,34,35)/t14-,21+,22+,23-,24+,26-/m1/s1. The molecule has 3 rings (SSSR count). The molecule has 2 aromatic carbocycles. The minimum absolute atomic E-state index is 0.0344. The van der Waals surface area contributed by atoms with Crippen LogP contribution in [0, 0.1) is 0 Å². The number of aliphatic hydroxyl groups is 3. The number of primary sulfonamides is 1. The third-order valence-electron chi connectivity index (χ3n) is 6.21. The molecule has 0 unspecified atom stereocenters. The van der Waals surface area contributed by atoms with Crippen LogP contribution in [0.5, 0.6) is 23.0 Å². The van der Waals surface area contributed by atoms with Crippen molar-refractivity contribution < 1.29 is 57.3 Å². The molecule has 41 heavy (non-hydrogen) atoms. The first kappa shape index (κ1) is 32.3. The second-order valence-corrected chi connectivity index (χ2v) is 10.9. The van der Waals surface area contributed by atoms with Crippen molar-refractivity contribution in [3.63, 3.8) is 0 Å². The minimum Gasteiger partial charge on any atom is -0.495 e. The van der Waals surface area contributed by atoms with Gasteiger partial charge in [-0.05, 0) is 50.1 Å². The van der Waals surface area contributed by atoms with Crippen LogP contribution in [0.4, 0.5) is 0 Å². The van der Waals surface area contributed by atoms with E-state index in [2.05, 4.69) is 5.32 Å². The number of nitrogens with one attached hydrogen (secondary N) is 1. The first-order valence-electron chi connectivity index (χ1n) is 12.8. The second-order valence-electron chi connectivity index (χ2n) is 9.33. The second kappa shape index (κ2) is 14.1. The van der Waals surface area contributed by atoms with Crippen LogP contribution in [0.1, 0.15) is 19.4 Å². The Morgan fingerprint density at radius 2 is 1.76 bits per heavy atom. The van der Waals surface area contributed by atoms with E-state index < -0.39 is 46.7 Å². The molecule has 0 radical (unpaired) electrons. The maximum Gasteiger partial charge on any atom is 0.335 e. The summed E-state index contributed by atoms with van der Waals surface area (Å²) in [5, 5.41) is 47.8. The number of aliphatic hydroxyl groups excluding tert-OH is 3. The monoisotopic (exact) mass is 600 g/mol. The van der Waals surface area contributed by atoms with Gasteiger partial charge >= 0.3 is 5.97 Å². The Morgan fingerprint density at radius 1 is 1.05 bits per heavy atom. The van der Waals surface area contributed by atoms with Gasteiger partial charge in [-0.25, -0.2) is 18.4 Å². The Labute approximate surface area is 237 Å². The van der Waals surface area contributed by atoms with Crippen LogP contribution in [-0.4, -0.2) is 98.4 Å². The molecule has 1 aliphatic heterocycles. The van der Waals surface area contributed by atoms with Crippen molar-refractivity contribution in [3.05, 3.63) is 42.0 Å². The van der Waals surface area contributed by atoms with E-state index in [1.165, 1.54) is 25.3 Å². The van der Waals surface area contributed by atoms with Gasteiger partial charge < -0.3 is 49.4 Å². The summed E-state index contributed by atoms with van der Waals surface area (Å²) in [6.45, 7) is 4.70. The smallest absolute Gasteiger partial charge is 0.335 e. The van der Waals surface area contributed by atoms with Crippen LogP contribution < -0.4 is 29.4 Å². The summed E-state index contributed by atoms with van der Waals surface area (Å²) >= 11 is 0. The van der Waals surface area contributed by atoms with Crippen molar-refractivity contribution in [2.75, 3.05) is 26.9 Å². The predicted molar refractivity (Wildman–Crippen MR) is 144 cm³/mol. The summed E-state index contributed by atoms with van der Waals surface area (Å²) in [5.41, 5.74) is 0.758. The van der Waals surface area contributed by atoms with Gasteiger partial charge in [0.15, 0.2) is 17.6 Å².